The van der Waals surface area contributed by atoms with Gasteiger partial charge in [0.15, 0.2) is 11.6 Å². The zero-order chi connectivity index (χ0) is 29.1. The van der Waals surface area contributed by atoms with Crippen molar-refractivity contribution in [1.29, 1.82) is 0 Å². The molecule has 0 saturated heterocycles. The fourth-order valence-corrected chi connectivity index (χ4v) is 6.17. The van der Waals surface area contributed by atoms with E-state index >= 15 is 0 Å². The number of carbonyl (C=O) groups excluding carboxylic acids is 1. The molecular weight excluding hydrogens is 545 g/mol. The fraction of sp³-hybridized carbons (Fsp3) is 0.344. The Kier molecular flexibility index (Phi) is 8.59. The Morgan fingerprint density at radius 2 is 1.93 bits per heavy atom. The minimum atomic E-state index is -1.19. The number of methoxy groups -OCH3 is 1. The molecule has 3 N–H and O–H groups in total. The highest BCUT2D eigenvalue weighted by Crippen LogP contribution is 2.39. The summed E-state index contributed by atoms with van der Waals surface area (Å²) in [6, 6.07) is 12.7. The Hall–Kier alpha value is -3.91. The molecule has 1 aliphatic rings. The van der Waals surface area contributed by atoms with E-state index in [0.717, 1.165) is 25.7 Å². The van der Waals surface area contributed by atoms with Gasteiger partial charge < -0.3 is 20.1 Å². The molecule has 1 atom stereocenters. The monoisotopic (exact) mass is 577 g/mol. The lowest BCUT2D eigenvalue weighted by Gasteiger charge is -2.31. The van der Waals surface area contributed by atoms with Crippen LogP contribution in [0, 0.1) is 11.7 Å². The van der Waals surface area contributed by atoms with E-state index in [1.165, 1.54) is 44.6 Å². The normalized spacial score (nSPS) is 14.6. The van der Waals surface area contributed by atoms with Gasteiger partial charge in [0, 0.05) is 39.9 Å². The van der Waals surface area contributed by atoms with Crippen LogP contribution in [0.25, 0.3) is 33.5 Å². The molecule has 1 saturated carbocycles. The smallest absolute Gasteiger partial charge is 0.336 e. The highest BCUT2D eigenvalue weighted by molar-refractivity contribution is 6.34. The first kappa shape index (κ1) is 28.6. The first-order chi connectivity index (χ1) is 19.8. The Morgan fingerprint density at radius 1 is 1.15 bits per heavy atom. The van der Waals surface area contributed by atoms with Crippen molar-refractivity contribution in [2.45, 2.75) is 57.9 Å². The van der Waals surface area contributed by atoms with Gasteiger partial charge in [0.25, 0.3) is 5.91 Å². The molecule has 214 valence electrons. The third-order valence-corrected chi connectivity index (χ3v) is 8.26. The molecule has 9 heteroatoms. The van der Waals surface area contributed by atoms with Gasteiger partial charge in [-0.3, -0.25) is 4.79 Å². The number of aromatic carboxylic acids is 1. The molecule has 0 aliphatic heterocycles. The van der Waals surface area contributed by atoms with Crippen LogP contribution >= 0.6 is 11.6 Å². The number of rotatable bonds is 9. The molecule has 41 heavy (non-hydrogen) atoms. The summed E-state index contributed by atoms with van der Waals surface area (Å²) >= 11 is 6.66. The molecule has 1 aliphatic carbocycles. The number of hydrogen-bond acceptors (Lipinski definition) is 4. The number of H-pyrrole nitrogens is 1. The maximum Gasteiger partial charge on any atom is 0.336 e. The van der Waals surface area contributed by atoms with E-state index in [2.05, 4.69) is 22.2 Å². The second kappa shape index (κ2) is 12.3. The lowest BCUT2D eigenvalue weighted by atomic mass is 9.82. The molecule has 1 fully saturated rings. The van der Waals surface area contributed by atoms with Crippen LogP contribution in [-0.4, -0.2) is 40.1 Å². The Labute approximate surface area is 243 Å². The predicted octanol–water partition coefficient (Wildman–Crippen LogP) is 7.88. The van der Waals surface area contributed by atoms with Gasteiger partial charge in [-0.1, -0.05) is 62.4 Å². The number of aromatic nitrogens is 2. The SMILES string of the molecule is CCCC(NC(=O)c1ccc(-c2c(Cl)cccc2-c2nc3cc(OC)c(F)cc3[nH]2)c(C(=O)O)c1)C1CCCCC1. The number of carbonyl (C=O) groups is 2. The van der Waals surface area contributed by atoms with Crippen LogP contribution in [0.3, 0.4) is 0 Å². The minimum absolute atomic E-state index is 0.0551. The molecule has 0 bridgehead atoms. The van der Waals surface area contributed by atoms with Crippen LogP contribution in [0.2, 0.25) is 5.02 Å². The molecule has 1 unspecified atom stereocenters. The number of carboxylic acid groups (broad SMARTS) is 1. The van der Waals surface area contributed by atoms with E-state index in [1.54, 1.807) is 30.3 Å². The van der Waals surface area contributed by atoms with Crippen LogP contribution in [0.5, 0.6) is 5.75 Å². The van der Waals surface area contributed by atoms with Crippen molar-refractivity contribution in [3.8, 4) is 28.3 Å². The lowest BCUT2D eigenvalue weighted by Crippen LogP contribution is -2.41. The van der Waals surface area contributed by atoms with Crippen molar-refractivity contribution >= 4 is 34.5 Å². The van der Waals surface area contributed by atoms with Gasteiger partial charge >= 0.3 is 5.97 Å². The Balaban J connectivity index is 1.53. The molecule has 0 radical (unpaired) electrons. The summed E-state index contributed by atoms with van der Waals surface area (Å²) < 4.78 is 19.4. The second-order valence-corrected chi connectivity index (χ2v) is 11.0. The van der Waals surface area contributed by atoms with Gasteiger partial charge in [-0.15, -0.1) is 0 Å². The van der Waals surface area contributed by atoms with Crippen LogP contribution in [0.1, 0.15) is 72.6 Å². The summed E-state index contributed by atoms with van der Waals surface area (Å²) in [7, 11) is 1.38. The van der Waals surface area contributed by atoms with E-state index in [4.69, 9.17) is 16.3 Å². The van der Waals surface area contributed by atoms with Gasteiger partial charge in [-0.25, -0.2) is 14.2 Å². The molecule has 7 nitrogen and oxygen atoms in total. The quantitative estimate of drug-likeness (QED) is 0.188. The van der Waals surface area contributed by atoms with E-state index in [0.29, 0.717) is 44.5 Å². The number of nitrogens with zero attached hydrogens (tertiary/aromatic N) is 1. The van der Waals surface area contributed by atoms with Crippen LogP contribution in [0.4, 0.5) is 4.39 Å². The van der Waals surface area contributed by atoms with E-state index in [9.17, 15) is 19.1 Å². The number of benzene rings is 3. The van der Waals surface area contributed by atoms with Crippen LogP contribution in [0.15, 0.2) is 48.5 Å². The van der Waals surface area contributed by atoms with Crippen molar-refractivity contribution in [3.63, 3.8) is 0 Å². The first-order valence-electron chi connectivity index (χ1n) is 14.0. The van der Waals surface area contributed by atoms with E-state index in [-0.39, 0.29) is 28.8 Å². The number of halogens is 2. The fourth-order valence-electron chi connectivity index (χ4n) is 5.90. The lowest BCUT2D eigenvalue weighted by molar-refractivity contribution is 0.0697. The summed E-state index contributed by atoms with van der Waals surface area (Å²) in [6.07, 6.45) is 7.62. The van der Waals surface area contributed by atoms with Gasteiger partial charge in [0.05, 0.1) is 23.7 Å². The van der Waals surface area contributed by atoms with Crippen molar-refractivity contribution in [2.75, 3.05) is 7.11 Å². The summed E-state index contributed by atoms with van der Waals surface area (Å²) in [4.78, 5) is 33.5. The first-order valence-corrected chi connectivity index (χ1v) is 14.4. The average molecular weight is 578 g/mol. The standard InChI is InChI=1S/C32H33ClFN3O4/c1-3-8-25(18-9-5-4-6-10-18)37-31(38)19-13-14-20(22(15-19)32(39)40)29-21(11-7-12-23(29)33)30-35-26-16-24(34)28(41-2)17-27(26)36-30/h7,11-18,25H,3-6,8-10H2,1-2H3,(H,35,36)(H,37,38)(H,39,40). The van der Waals surface area contributed by atoms with Crippen molar-refractivity contribution in [3.05, 3.63) is 70.5 Å². The number of imidazole rings is 1. The molecule has 5 rings (SSSR count). The topological polar surface area (TPSA) is 104 Å². The van der Waals surface area contributed by atoms with Crippen molar-refractivity contribution in [2.24, 2.45) is 5.92 Å². The third-order valence-electron chi connectivity index (χ3n) is 7.94. The highest BCUT2D eigenvalue weighted by Gasteiger charge is 2.26. The van der Waals surface area contributed by atoms with Gasteiger partial charge in [-0.05, 0) is 48.9 Å². The maximum atomic E-state index is 14.3. The summed E-state index contributed by atoms with van der Waals surface area (Å²) in [6.45, 7) is 2.11. The Bertz CT molecular complexity index is 1600. The van der Waals surface area contributed by atoms with Crippen molar-refractivity contribution in [1.82, 2.24) is 15.3 Å². The van der Waals surface area contributed by atoms with Crippen LogP contribution in [-0.2, 0) is 0 Å². The summed E-state index contributed by atoms with van der Waals surface area (Å²) in [5.41, 5.74) is 2.48. The summed E-state index contributed by atoms with van der Waals surface area (Å²) in [5.74, 6) is -1.11. The molecule has 1 aromatic heterocycles. The number of aromatic amines is 1. The molecule has 1 heterocycles. The number of hydrogen-bond donors (Lipinski definition) is 3. The predicted molar refractivity (Wildman–Crippen MR) is 158 cm³/mol. The molecule has 0 spiro atoms. The largest absolute Gasteiger partial charge is 0.494 e. The third kappa shape index (κ3) is 5.93. The van der Waals surface area contributed by atoms with Crippen LogP contribution < -0.4 is 10.1 Å². The van der Waals surface area contributed by atoms with Gasteiger partial charge in [-0.2, -0.15) is 0 Å². The molecule has 1 amide bonds. The van der Waals surface area contributed by atoms with E-state index in [1.807, 2.05) is 0 Å². The Morgan fingerprint density at radius 3 is 2.63 bits per heavy atom. The highest BCUT2D eigenvalue weighted by atomic mass is 35.5. The minimum Gasteiger partial charge on any atom is -0.494 e. The average Bonchev–Trinajstić information content (AvgIpc) is 3.39. The number of ether oxygens (including phenoxy) is 1. The zero-order valence-corrected chi connectivity index (χ0v) is 23.9. The molecule has 4 aromatic rings. The van der Waals surface area contributed by atoms with Crippen molar-refractivity contribution < 1.29 is 23.8 Å². The second-order valence-electron chi connectivity index (χ2n) is 10.6. The van der Waals surface area contributed by atoms with Gasteiger partial charge in [0.2, 0.25) is 0 Å². The van der Waals surface area contributed by atoms with Gasteiger partial charge in [0.1, 0.15) is 5.82 Å². The molecule has 3 aromatic carbocycles. The summed E-state index contributed by atoms with van der Waals surface area (Å²) in [5, 5.41) is 13.7. The number of amides is 1. The molecular formula is C32H33ClFN3O4. The maximum absolute atomic E-state index is 14.3. The zero-order valence-electron chi connectivity index (χ0n) is 23.1. The number of fused-ring (bicyclic) bond motifs is 1. The number of nitrogens with one attached hydrogen (secondary N) is 2. The van der Waals surface area contributed by atoms with E-state index < -0.39 is 11.8 Å². The number of carboxylic acids is 1.